The predicted octanol–water partition coefficient (Wildman–Crippen LogP) is 1.20. The van der Waals surface area contributed by atoms with Gasteiger partial charge in [-0.15, -0.1) is 0 Å². The van der Waals surface area contributed by atoms with Crippen molar-refractivity contribution >= 4 is 0 Å². The average molecular weight is 127 g/mol. The van der Waals surface area contributed by atoms with Gasteiger partial charge in [-0.1, -0.05) is 0 Å². The van der Waals surface area contributed by atoms with E-state index in [0.717, 1.165) is 13.2 Å². The van der Waals surface area contributed by atoms with Crippen LogP contribution in [0.25, 0.3) is 0 Å². The largest absolute Gasteiger partial charge is 0.498 e. The van der Waals surface area contributed by atoms with E-state index in [-0.39, 0.29) is 0 Å². The number of ether oxygens (including phenoxy) is 1. The maximum atomic E-state index is 5.09. The van der Waals surface area contributed by atoms with Gasteiger partial charge in [0.05, 0.1) is 12.3 Å². The molecule has 0 radical (unpaired) electrons. The van der Waals surface area contributed by atoms with Crippen LogP contribution in [0.1, 0.15) is 13.8 Å². The second-order valence-corrected chi connectivity index (χ2v) is 2.30. The molecule has 2 nitrogen and oxygen atoms in total. The van der Waals surface area contributed by atoms with Gasteiger partial charge in [0.15, 0.2) is 0 Å². The van der Waals surface area contributed by atoms with Crippen LogP contribution in [0.2, 0.25) is 0 Å². The molecule has 0 N–H and O–H groups in total. The van der Waals surface area contributed by atoms with Gasteiger partial charge in [0.2, 0.25) is 0 Å². The smallest absolute Gasteiger partial charge is 0.107 e. The Morgan fingerprint density at radius 3 is 3.00 bits per heavy atom. The van der Waals surface area contributed by atoms with E-state index < -0.39 is 0 Å². The van der Waals surface area contributed by atoms with E-state index in [1.54, 1.807) is 6.26 Å². The Kier molecular flexibility index (Phi) is 1.98. The molecule has 0 bridgehead atoms. The van der Waals surface area contributed by atoms with Crippen molar-refractivity contribution in [2.24, 2.45) is 0 Å². The molecule has 1 rings (SSSR count). The second-order valence-electron chi connectivity index (χ2n) is 2.30. The fourth-order valence-corrected chi connectivity index (χ4v) is 0.976. The summed E-state index contributed by atoms with van der Waals surface area (Å²) in [4.78, 5) is 2.25. The topological polar surface area (TPSA) is 12.5 Å². The Morgan fingerprint density at radius 1 is 1.78 bits per heavy atom. The van der Waals surface area contributed by atoms with Gasteiger partial charge in [-0.3, -0.25) is 0 Å². The molecule has 1 unspecified atom stereocenters. The summed E-state index contributed by atoms with van der Waals surface area (Å²) in [5.41, 5.74) is 0. The summed E-state index contributed by atoms with van der Waals surface area (Å²) in [5.74, 6) is 0. The molecule has 1 heterocycles. The molecule has 0 aliphatic carbocycles. The minimum Gasteiger partial charge on any atom is -0.498 e. The molecule has 0 saturated heterocycles. The predicted molar refractivity (Wildman–Crippen MR) is 36.9 cm³/mol. The van der Waals surface area contributed by atoms with Crippen LogP contribution >= 0.6 is 0 Å². The monoisotopic (exact) mass is 127 g/mol. The van der Waals surface area contributed by atoms with Crippen LogP contribution in [0, 0.1) is 0 Å². The van der Waals surface area contributed by atoms with Crippen LogP contribution in [0.4, 0.5) is 0 Å². The first kappa shape index (κ1) is 6.46. The lowest BCUT2D eigenvalue weighted by molar-refractivity contribution is 0.126. The van der Waals surface area contributed by atoms with Crippen molar-refractivity contribution < 1.29 is 4.74 Å². The van der Waals surface area contributed by atoms with E-state index >= 15 is 0 Å². The second kappa shape index (κ2) is 2.76. The zero-order valence-electron chi connectivity index (χ0n) is 6.00. The first-order chi connectivity index (χ1) is 4.34. The molecule has 2 heteroatoms. The molecular formula is C7H13NO. The van der Waals surface area contributed by atoms with Crippen LogP contribution in [-0.2, 0) is 4.74 Å². The van der Waals surface area contributed by atoms with Crippen molar-refractivity contribution in [1.29, 1.82) is 0 Å². The molecule has 1 aliphatic rings. The Balaban J connectivity index is 2.46. The van der Waals surface area contributed by atoms with Gasteiger partial charge in [0, 0.05) is 12.7 Å². The first-order valence-corrected chi connectivity index (χ1v) is 3.38. The summed E-state index contributed by atoms with van der Waals surface area (Å²) in [5, 5.41) is 0. The summed E-state index contributed by atoms with van der Waals surface area (Å²) < 4.78 is 5.09. The summed E-state index contributed by atoms with van der Waals surface area (Å²) in [7, 11) is 0. The van der Waals surface area contributed by atoms with E-state index in [1.807, 2.05) is 6.20 Å². The lowest BCUT2D eigenvalue weighted by Crippen LogP contribution is -2.33. The van der Waals surface area contributed by atoms with Crippen molar-refractivity contribution in [2.75, 3.05) is 13.2 Å². The molecule has 1 atom stereocenters. The van der Waals surface area contributed by atoms with Crippen LogP contribution in [0.15, 0.2) is 12.5 Å². The minimum absolute atomic E-state index is 0.542. The zero-order valence-corrected chi connectivity index (χ0v) is 6.00. The van der Waals surface area contributed by atoms with E-state index in [1.165, 1.54) is 0 Å². The van der Waals surface area contributed by atoms with E-state index in [2.05, 4.69) is 18.7 Å². The number of hydrogen-bond donors (Lipinski definition) is 0. The first-order valence-electron chi connectivity index (χ1n) is 3.38. The van der Waals surface area contributed by atoms with Crippen LogP contribution in [0.5, 0.6) is 0 Å². The third kappa shape index (κ3) is 1.37. The number of nitrogens with zero attached hydrogens (tertiary/aromatic N) is 1. The summed E-state index contributed by atoms with van der Waals surface area (Å²) in [6.07, 6.45) is 3.75. The van der Waals surface area contributed by atoms with Crippen LogP contribution < -0.4 is 0 Å². The minimum atomic E-state index is 0.542. The van der Waals surface area contributed by atoms with Crippen molar-refractivity contribution in [2.45, 2.75) is 19.9 Å². The van der Waals surface area contributed by atoms with Gasteiger partial charge in [0.1, 0.15) is 6.61 Å². The summed E-state index contributed by atoms with van der Waals surface area (Å²) >= 11 is 0. The third-order valence-corrected chi connectivity index (χ3v) is 1.62. The Morgan fingerprint density at radius 2 is 2.56 bits per heavy atom. The number of likely N-dealkylation sites (N-methyl/N-ethyl adjacent to an activating group) is 1. The van der Waals surface area contributed by atoms with Gasteiger partial charge in [-0.05, 0) is 13.8 Å². The van der Waals surface area contributed by atoms with Gasteiger partial charge >= 0.3 is 0 Å². The van der Waals surface area contributed by atoms with E-state index in [4.69, 9.17) is 4.74 Å². The lowest BCUT2D eigenvalue weighted by atomic mass is 10.3. The Bertz CT molecular complexity index is 111. The van der Waals surface area contributed by atoms with Crippen LogP contribution in [0.3, 0.4) is 0 Å². The maximum absolute atomic E-state index is 5.09. The summed E-state index contributed by atoms with van der Waals surface area (Å²) in [6.45, 7) is 6.20. The fraction of sp³-hybridized carbons (Fsp3) is 0.714. The quantitative estimate of drug-likeness (QED) is 0.524. The van der Waals surface area contributed by atoms with Gasteiger partial charge in [-0.2, -0.15) is 0 Å². The van der Waals surface area contributed by atoms with Gasteiger partial charge in [-0.25, -0.2) is 0 Å². The normalized spacial score (nSPS) is 26.0. The lowest BCUT2D eigenvalue weighted by Gasteiger charge is -2.28. The van der Waals surface area contributed by atoms with Crippen molar-refractivity contribution in [3.8, 4) is 0 Å². The van der Waals surface area contributed by atoms with Crippen molar-refractivity contribution in [1.82, 2.24) is 4.90 Å². The molecule has 0 fully saturated rings. The summed E-state index contributed by atoms with van der Waals surface area (Å²) in [6, 6.07) is 0.542. The fourth-order valence-electron chi connectivity index (χ4n) is 0.976. The van der Waals surface area contributed by atoms with Crippen molar-refractivity contribution in [3.63, 3.8) is 0 Å². The molecular weight excluding hydrogens is 114 g/mol. The molecule has 0 amide bonds. The third-order valence-electron chi connectivity index (χ3n) is 1.62. The number of rotatable bonds is 1. The Labute approximate surface area is 56.1 Å². The molecule has 0 spiro atoms. The van der Waals surface area contributed by atoms with Crippen molar-refractivity contribution in [3.05, 3.63) is 12.5 Å². The average Bonchev–Trinajstić information content (AvgIpc) is 1.89. The molecule has 52 valence electrons. The Hall–Kier alpha value is -0.660. The maximum Gasteiger partial charge on any atom is 0.107 e. The van der Waals surface area contributed by atoms with Crippen LogP contribution in [-0.4, -0.2) is 24.1 Å². The highest BCUT2D eigenvalue weighted by Gasteiger charge is 2.10. The molecule has 1 aliphatic heterocycles. The highest BCUT2D eigenvalue weighted by molar-refractivity contribution is 4.83. The standard InChI is InChI=1S/C7H13NO/c1-3-8-4-5-9-6-7(8)2/h4-5,7H,3,6H2,1-2H3. The molecule has 9 heavy (non-hydrogen) atoms. The number of hydrogen-bond acceptors (Lipinski definition) is 2. The highest BCUT2D eigenvalue weighted by Crippen LogP contribution is 2.05. The SMILES string of the molecule is CCN1C=COCC1C. The highest BCUT2D eigenvalue weighted by atomic mass is 16.5. The van der Waals surface area contributed by atoms with Gasteiger partial charge in [0.25, 0.3) is 0 Å². The van der Waals surface area contributed by atoms with E-state index in [0.29, 0.717) is 6.04 Å². The molecule has 0 aromatic carbocycles. The van der Waals surface area contributed by atoms with Gasteiger partial charge < -0.3 is 9.64 Å². The molecule has 0 aromatic heterocycles. The zero-order chi connectivity index (χ0) is 6.69. The molecule has 0 aromatic rings. The molecule has 0 saturated carbocycles. The van der Waals surface area contributed by atoms with E-state index in [9.17, 15) is 0 Å².